The number of hydrogen-bond acceptors (Lipinski definition) is 4. The minimum absolute atomic E-state index is 0.447. The number of alkyl halides is 1. The van der Waals surface area contributed by atoms with Gasteiger partial charge in [0.2, 0.25) is 0 Å². The molecule has 1 rings (SSSR count). The van der Waals surface area contributed by atoms with Crippen LogP contribution in [0.5, 0.6) is 11.5 Å². The van der Waals surface area contributed by atoms with Crippen molar-refractivity contribution in [3.05, 3.63) is 23.3 Å². The van der Waals surface area contributed by atoms with E-state index in [-0.39, 0.29) is 0 Å². The molecule has 0 aromatic heterocycles. The van der Waals surface area contributed by atoms with Gasteiger partial charge in [-0.1, -0.05) is 0 Å². The van der Waals surface area contributed by atoms with E-state index in [2.05, 4.69) is 5.48 Å². The third-order valence-corrected chi connectivity index (χ3v) is 2.65. The lowest BCUT2D eigenvalue weighted by Gasteiger charge is -2.21. The van der Waals surface area contributed by atoms with Gasteiger partial charge in [-0.2, -0.15) is 5.48 Å². The van der Waals surface area contributed by atoms with E-state index < -0.39 is 5.67 Å². The van der Waals surface area contributed by atoms with E-state index in [9.17, 15) is 4.39 Å². The van der Waals surface area contributed by atoms with Crippen LogP contribution in [-0.2, 0) is 17.1 Å². The van der Waals surface area contributed by atoms with Gasteiger partial charge in [0.15, 0.2) is 0 Å². The first-order valence-electron chi connectivity index (χ1n) is 5.64. The van der Waals surface area contributed by atoms with Gasteiger partial charge in [-0.3, -0.25) is 0 Å². The number of ether oxygens (including phenoxy) is 2. The van der Waals surface area contributed by atoms with Gasteiger partial charge in [-0.05, 0) is 26.0 Å². The zero-order chi connectivity index (χ0) is 13.8. The van der Waals surface area contributed by atoms with Crippen molar-refractivity contribution >= 4 is 0 Å². The fraction of sp³-hybridized carbons (Fsp3) is 0.538. The summed E-state index contributed by atoms with van der Waals surface area (Å²) in [5.41, 5.74) is 2.52. The van der Waals surface area contributed by atoms with E-state index in [0.29, 0.717) is 23.6 Å². The van der Waals surface area contributed by atoms with E-state index in [1.165, 1.54) is 28.1 Å². The monoisotopic (exact) mass is 257 g/mol. The fourth-order valence-electron chi connectivity index (χ4n) is 1.71. The predicted octanol–water partition coefficient (Wildman–Crippen LogP) is 2.56. The lowest BCUT2D eigenvalue weighted by molar-refractivity contribution is 0.0860. The molecule has 0 amide bonds. The fourth-order valence-corrected chi connectivity index (χ4v) is 1.71. The van der Waals surface area contributed by atoms with Crippen molar-refractivity contribution in [3.8, 4) is 11.5 Å². The van der Waals surface area contributed by atoms with Crippen LogP contribution >= 0.6 is 0 Å². The molecule has 0 atom stereocenters. The van der Waals surface area contributed by atoms with E-state index in [4.69, 9.17) is 14.3 Å². The van der Waals surface area contributed by atoms with Crippen LogP contribution < -0.4 is 15.0 Å². The molecular formula is C13H20FNO3. The molecule has 0 spiro atoms. The van der Waals surface area contributed by atoms with Crippen LogP contribution in [-0.4, -0.2) is 21.3 Å². The smallest absolute Gasteiger partial charge is 0.134 e. The number of benzene rings is 1. The summed E-state index contributed by atoms with van der Waals surface area (Å²) in [6, 6.07) is 3.41. The Hall–Kier alpha value is -1.33. The van der Waals surface area contributed by atoms with Crippen LogP contribution in [0, 0.1) is 0 Å². The Morgan fingerprint density at radius 1 is 1.11 bits per heavy atom. The maximum Gasteiger partial charge on any atom is 0.134 e. The molecule has 0 aliphatic carbocycles. The quantitative estimate of drug-likeness (QED) is 0.795. The molecule has 1 N–H and O–H groups in total. The van der Waals surface area contributed by atoms with Gasteiger partial charge < -0.3 is 14.3 Å². The minimum atomic E-state index is -1.49. The molecule has 5 heteroatoms. The number of rotatable bonds is 6. The van der Waals surface area contributed by atoms with E-state index in [1.54, 1.807) is 19.2 Å². The number of nitrogens with one attached hydrogen (secondary N) is 1. The van der Waals surface area contributed by atoms with Crippen LogP contribution in [0.25, 0.3) is 0 Å². The molecule has 1 aromatic carbocycles. The Bertz CT molecular complexity index is 402. The average molecular weight is 257 g/mol. The molecule has 18 heavy (non-hydrogen) atoms. The van der Waals surface area contributed by atoms with Gasteiger partial charge in [-0.15, -0.1) is 0 Å². The third-order valence-electron chi connectivity index (χ3n) is 2.65. The summed E-state index contributed by atoms with van der Waals surface area (Å²) in [7, 11) is 4.60. The summed E-state index contributed by atoms with van der Waals surface area (Å²) in [6.45, 7) is 3.41. The van der Waals surface area contributed by atoms with Gasteiger partial charge in [-0.25, -0.2) is 4.39 Å². The average Bonchev–Trinajstić information content (AvgIpc) is 2.33. The highest BCUT2D eigenvalue weighted by atomic mass is 19.1. The van der Waals surface area contributed by atoms with Crippen molar-refractivity contribution < 1.29 is 18.7 Å². The molecule has 0 fully saturated rings. The summed E-state index contributed by atoms with van der Waals surface area (Å²) in [5, 5.41) is 0. The summed E-state index contributed by atoms with van der Waals surface area (Å²) in [6.07, 6.45) is 0. The second-order valence-electron chi connectivity index (χ2n) is 4.36. The first-order valence-corrected chi connectivity index (χ1v) is 5.64. The molecule has 0 radical (unpaired) electrons. The highest BCUT2D eigenvalue weighted by Gasteiger charge is 2.25. The van der Waals surface area contributed by atoms with Crippen molar-refractivity contribution in [1.82, 2.24) is 5.48 Å². The SMILES string of the molecule is CONCc1cc(OC)c(C(C)(C)F)cc1OC. The second kappa shape index (κ2) is 6.02. The van der Waals surface area contributed by atoms with Crippen molar-refractivity contribution in [2.75, 3.05) is 21.3 Å². The Morgan fingerprint density at radius 2 is 1.72 bits per heavy atom. The van der Waals surface area contributed by atoms with E-state index in [0.717, 1.165) is 5.56 Å². The molecule has 1 aromatic rings. The normalized spacial score (nSPS) is 11.4. The number of halogens is 1. The van der Waals surface area contributed by atoms with Gasteiger partial charge in [0.05, 0.1) is 21.3 Å². The van der Waals surface area contributed by atoms with Crippen molar-refractivity contribution in [1.29, 1.82) is 0 Å². The summed E-state index contributed by atoms with van der Waals surface area (Å²) in [5.74, 6) is 1.09. The molecule has 102 valence electrons. The van der Waals surface area contributed by atoms with Gasteiger partial charge in [0.25, 0.3) is 0 Å². The van der Waals surface area contributed by atoms with Crippen LogP contribution in [0.1, 0.15) is 25.0 Å². The number of methoxy groups -OCH3 is 2. The number of hydroxylamine groups is 1. The summed E-state index contributed by atoms with van der Waals surface area (Å²) < 4.78 is 24.6. The molecule has 0 saturated carbocycles. The van der Waals surface area contributed by atoms with Crippen LogP contribution in [0.4, 0.5) is 4.39 Å². The second-order valence-corrected chi connectivity index (χ2v) is 4.36. The molecule has 0 heterocycles. The lowest BCUT2D eigenvalue weighted by atomic mass is 9.96. The Labute approximate surface area is 107 Å². The van der Waals surface area contributed by atoms with Gasteiger partial charge in [0.1, 0.15) is 17.2 Å². The Balaban J connectivity index is 3.23. The van der Waals surface area contributed by atoms with Crippen molar-refractivity contribution in [2.24, 2.45) is 0 Å². The van der Waals surface area contributed by atoms with Gasteiger partial charge in [0, 0.05) is 17.7 Å². The van der Waals surface area contributed by atoms with E-state index >= 15 is 0 Å². The maximum atomic E-state index is 14.1. The molecule has 0 aliphatic rings. The lowest BCUT2D eigenvalue weighted by Crippen LogP contribution is -2.15. The minimum Gasteiger partial charge on any atom is -0.496 e. The van der Waals surface area contributed by atoms with Crippen LogP contribution in [0.2, 0.25) is 0 Å². The topological polar surface area (TPSA) is 39.7 Å². The highest BCUT2D eigenvalue weighted by Crippen LogP contribution is 2.37. The largest absolute Gasteiger partial charge is 0.496 e. The Kier molecular flexibility index (Phi) is 4.93. The molecule has 0 unspecified atom stereocenters. The molecule has 0 saturated heterocycles. The number of hydrogen-bond donors (Lipinski definition) is 1. The molecular weight excluding hydrogens is 237 g/mol. The summed E-state index contributed by atoms with van der Waals surface area (Å²) in [4.78, 5) is 4.80. The van der Waals surface area contributed by atoms with Crippen LogP contribution in [0.15, 0.2) is 12.1 Å². The van der Waals surface area contributed by atoms with Crippen molar-refractivity contribution in [2.45, 2.75) is 26.1 Å². The van der Waals surface area contributed by atoms with Crippen molar-refractivity contribution in [3.63, 3.8) is 0 Å². The van der Waals surface area contributed by atoms with Gasteiger partial charge >= 0.3 is 0 Å². The predicted molar refractivity (Wildman–Crippen MR) is 67.5 cm³/mol. The highest BCUT2D eigenvalue weighted by molar-refractivity contribution is 5.48. The third kappa shape index (κ3) is 3.34. The zero-order valence-electron chi connectivity index (χ0n) is 11.5. The molecule has 0 bridgehead atoms. The van der Waals surface area contributed by atoms with E-state index in [1.807, 2.05) is 0 Å². The first-order chi connectivity index (χ1) is 8.43. The first kappa shape index (κ1) is 14.7. The molecule has 0 aliphatic heterocycles. The van der Waals surface area contributed by atoms with Crippen LogP contribution in [0.3, 0.4) is 0 Å². The Morgan fingerprint density at radius 3 is 2.17 bits per heavy atom. The zero-order valence-corrected chi connectivity index (χ0v) is 11.5. The maximum absolute atomic E-state index is 14.1. The summed E-state index contributed by atoms with van der Waals surface area (Å²) >= 11 is 0. The molecule has 4 nitrogen and oxygen atoms in total. The standard InChI is InChI=1S/C13H20FNO3/c1-13(2,14)10-7-11(16-3)9(8-15-18-5)6-12(10)17-4/h6-7,15H,8H2,1-5H3.